The van der Waals surface area contributed by atoms with Gasteiger partial charge in [-0.15, -0.1) is 0 Å². The molecule has 0 heterocycles. The molecule has 0 saturated carbocycles. The van der Waals surface area contributed by atoms with Gasteiger partial charge in [-0.3, -0.25) is 4.72 Å². The van der Waals surface area contributed by atoms with E-state index >= 15 is 0 Å². The van der Waals surface area contributed by atoms with Crippen LogP contribution in [0.5, 0.6) is 0 Å². The Labute approximate surface area is 118 Å². The molecule has 0 radical (unpaired) electrons. The molecule has 106 valence electrons. The fourth-order valence-corrected chi connectivity index (χ4v) is 2.89. The Hall–Kier alpha value is -1.73. The molecule has 0 bridgehead atoms. The van der Waals surface area contributed by atoms with Gasteiger partial charge in [-0.1, -0.05) is 17.7 Å². The van der Waals surface area contributed by atoms with E-state index in [1.54, 1.807) is 0 Å². The third kappa shape index (κ3) is 3.05. The first-order chi connectivity index (χ1) is 9.29. The number of halogens is 4. The smallest absolute Gasteiger partial charge is 0.264 e. The van der Waals surface area contributed by atoms with Gasteiger partial charge in [-0.05, 0) is 24.3 Å². The topological polar surface area (TPSA) is 46.2 Å². The molecule has 0 spiro atoms. The summed E-state index contributed by atoms with van der Waals surface area (Å²) in [4.78, 5) is -0.713. The van der Waals surface area contributed by atoms with Gasteiger partial charge in [0.25, 0.3) is 10.0 Å². The highest BCUT2D eigenvalue weighted by Gasteiger charge is 2.21. The average molecular weight is 322 g/mol. The summed E-state index contributed by atoms with van der Waals surface area (Å²) >= 11 is 5.49. The van der Waals surface area contributed by atoms with Crippen molar-refractivity contribution in [3.63, 3.8) is 0 Å². The van der Waals surface area contributed by atoms with Crippen LogP contribution in [0.15, 0.2) is 41.3 Å². The fourth-order valence-electron chi connectivity index (χ4n) is 1.51. The first-order valence-electron chi connectivity index (χ1n) is 5.22. The molecule has 2 aromatic carbocycles. The Kier molecular flexibility index (Phi) is 3.92. The first-order valence-corrected chi connectivity index (χ1v) is 7.08. The molecule has 0 unspecified atom stereocenters. The average Bonchev–Trinajstić information content (AvgIpc) is 2.30. The van der Waals surface area contributed by atoms with Crippen molar-refractivity contribution in [2.45, 2.75) is 4.90 Å². The summed E-state index contributed by atoms with van der Waals surface area (Å²) in [5.41, 5.74) is -0.359. The van der Waals surface area contributed by atoms with Crippen molar-refractivity contribution in [3.8, 4) is 0 Å². The van der Waals surface area contributed by atoms with Crippen molar-refractivity contribution in [3.05, 3.63) is 58.9 Å². The SMILES string of the molecule is O=S(=O)(Nc1cc(F)cc(F)c1)c1cccc(Cl)c1F. The number of benzene rings is 2. The van der Waals surface area contributed by atoms with Gasteiger partial charge >= 0.3 is 0 Å². The van der Waals surface area contributed by atoms with Crippen LogP contribution in [0.3, 0.4) is 0 Å². The molecule has 1 N–H and O–H groups in total. The van der Waals surface area contributed by atoms with E-state index in [-0.39, 0.29) is 10.7 Å². The lowest BCUT2D eigenvalue weighted by Crippen LogP contribution is -2.15. The largest absolute Gasteiger partial charge is 0.279 e. The van der Waals surface area contributed by atoms with Gasteiger partial charge in [0.15, 0.2) is 5.82 Å². The van der Waals surface area contributed by atoms with Crippen molar-refractivity contribution in [1.82, 2.24) is 0 Å². The summed E-state index contributed by atoms with van der Waals surface area (Å²) in [5.74, 6) is -3.07. The molecule has 2 rings (SSSR count). The van der Waals surface area contributed by atoms with Crippen LogP contribution in [0.4, 0.5) is 18.9 Å². The second-order valence-corrected chi connectivity index (χ2v) is 5.87. The highest BCUT2D eigenvalue weighted by Crippen LogP contribution is 2.24. The second kappa shape index (κ2) is 5.34. The highest BCUT2D eigenvalue weighted by molar-refractivity contribution is 7.92. The van der Waals surface area contributed by atoms with Crippen LogP contribution in [-0.4, -0.2) is 8.42 Å². The van der Waals surface area contributed by atoms with Crippen LogP contribution in [0.25, 0.3) is 0 Å². The summed E-state index contributed by atoms with van der Waals surface area (Å²) in [6.45, 7) is 0. The number of anilines is 1. The molecule has 0 aromatic heterocycles. The van der Waals surface area contributed by atoms with Crippen LogP contribution in [0.2, 0.25) is 5.02 Å². The van der Waals surface area contributed by atoms with E-state index in [2.05, 4.69) is 0 Å². The molecular weight excluding hydrogens is 315 g/mol. The van der Waals surface area contributed by atoms with E-state index in [0.29, 0.717) is 6.07 Å². The summed E-state index contributed by atoms with van der Waals surface area (Å²) in [6.07, 6.45) is 0. The van der Waals surface area contributed by atoms with E-state index in [0.717, 1.165) is 18.2 Å². The molecule has 0 fully saturated rings. The monoisotopic (exact) mass is 321 g/mol. The number of rotatable bonds is 3. The van der Waals surface area contributed by atoms with Gasteiger partial charge in [0, 0.05) is 6.07 Å². The number of hydrogen-bond acceptors (Lipinski definition) is 2. The zero-order valence-corrected chi connectivity index (χ0v) is 11.3. The van der Waals surface area contributed by atoms with E-state index in [1.165, 1.54) is 12.1 Å². The van der Waals surface area contributed by atoms with Crippen LogP contribution >= 0.6 is 11.6 Å². The Bertz CT molecular complexity index is 745. The first kappa shape index (κ1) is 14.7. The maximum absolute atomic E-state index is 13.7. The van der Waals surface area contributed by atoms with E-state index in [1.807, 2.05) is 4.72 Å². The van der Waals surface area contributed by atoms with E-state index < -0.39 is 32.4 Å². The molecule has 20 heavy (non-hydrogen) atoms. The minimum atomic E-state index is -4.34. The van der Waals surface area contributed by atoms with Gasteiger partial charge in [0.2, 0.25) is 0 Å². The van der Waals surface area contributed by atoms with Crippen LogP contribution < -0.4 is 4.72 Å². The Morgan fingerprint density at radius 2 is 1.60 bits per heavy atom. The molecule has 3 nitrogen and oxygen atoms in total. The van der Waals surface area contributed by atoms with E-state index in [4.69, 9.17) is 11.6 Å². The molecule has 0 aliphatic heterocycles. The summed E-state index contributed by atoms with van der Waals surface area (Å²) in [7, 11) is -4.34. The Morgan fingerprint density at radius 3 is 2.20 bits per heavy atom. The molecule has 0 aliphatic carbocycles. The normalized spacial score (nSPS) is 11.4. The Balaban J connectivity index is 2.43. The van der Waals surface area contributed by atoms with E-state index in [9.17, 15) is 21.6 Å². The van der Waals surface area contributed by atoms with Crippen LogP contribution in [0.1, 0.15) is 0 Å². The minimum absolute atomic E-state index is 0.359. The third-order valence-corrected chi connectivity index (χ3v) is 4.01. The van der Waals surface area contributed by atoms with Crippen molar-refractivity contribution >= 4 is 27.3 Å². The molecule has 0 atom stereocenters. The van der Waals surface area contributed by atoms with Gasteiger partial charge in [0.05, 0.1) is 10.7 Å². The number of sulfonamides is 1. The van der Waals surface area contributed by atoms with Crippen molar-refractivity contribution in [1.29, 1.82) is 0 Å². The maximum Gasteiger partial charge on any atom is 0.264 e. The molecule has 0 aliphatic rings. The van der Waals surface area contributed by atoms with Crippen LogP contribution in [0, 0.1) is 17.5 Å². The summed E-state index contributed by atoms with van der Waals surface area (Å²) < 4.78 is 65.4. The highest BCUT2D eigenvalue weighted by atomic mass is 35.5. The summed E-state index contributed by atoms with van der Waals surface area (Å²) in [5, 5.41) is -0.377. The zero-order chi connectivity index (χ0) is 14.9. The number of nitrogens with one attached hydrogen (secondary N) is 1. The fraction of sp³-hybridized carbons (Fsp3) is 0. The predicted molar refractivity (Wildman–Crippen MR) is 68.6 cm³/mol. The lowest BCUT2D eigenvalue weighted by atomic mass is 10.3. The lowest BCUT2D eigenvalue weighted by molar-refractivity contribution is 0.570. The van der Waals surface area contributed by atoms with Gasteiger partial charge < -0.3 is 0 Å². The maximum atomic E-state index is 13.7. The van der Waals surface area contributed by atoms with Crippen LogP contribution in [-0.2, 0) is 10.0 Å². The molecule has 0 saturated heterocycles. The van der Waals surface area contributed by atoms with Gasteiger partial charge in [-0.2, -0.15) is 0 Å². The predicted octanol–water partition coefficient (Wildman–Crippen LogP) is 3.56. The molecule has 0 amide bonds. The van der Waals surface area contributed by atoms with Crippen molar-refractivity contribution in [2.75, 3.05) is 4.72 Å². The minimum Gasteiger partial charge on any atom is -0.279 e. The molecular formula is C12H7ClF3NO2S. The van der Waals surface area contributed by atoms with Crippen molar-refractivity contribution < 1.29 is 21.6 Å². The van der Waals surface area contributed by atoms with Gasteiger partial charge in [-0.25, -0.2) is 21.6 Å². The summed E-state index contributed by atoms with van der Waals surface area (Å²) in [6, 6.07) is 5.52. The lowest BCUT2D eigenvalue weighted by Gasteiger charge is -2.09. The molecule has 2 aromatic rings. The third-order valence-electron chi connectivity index (χ3n) is 2.32. The zero-order valence-electron chi connectivity index (χ0n) is 9.70. The quantitative estimate of drug-likeness (QED) is 0.939. The van der Waals surface area contributed by atoms with Crippen molar-refractivity contribution in [2.24, 2.45) is 0 Å². The van der Waals surface area contributed by atoms with Gasteiger partial charge in [0.1, 0.15) is 16.5 Å². The second-order valence-electron chi connectivity index (χ2n) is 3.82. The Morgan fingerprint density at radius 1 is 1.00 bits per heavy atom. The number of hydrogen-bond donors (Lipinski definition) is 1. The standard InChI is InChI=1S/C12H7ClF3NO2S/c13-10-2-1-3-11(12(10)16)20(18,19)17-9-5-7(14)4-8(15)6-9/h1-6,17H. The molecule has 8 heteroatoms.